The third-order valence-corrected chi connectivity index (χ3v) is 4.22. The van der Waals surface area contributed by atoms with Crippen LogP contribution in [0.5, 0.6) is 5.75 Å². The molecule has 1 aromatic carbocycles. The summed E-state index contributed by atoms with van der Waals surface area (Å²) in [5.74, 6) is -11.1. The summed E-state index contributed by atoms with van der Waals surface area (Å²) in [7, 11) is 0. The smallest absolute Gasteiger partial charge is 0.341 e. The number of hydrogen-bond acceptors (Lipinski definition) is 2. The Morgan fingerprint density at radius 1 is 0.828 bits per heavy atom. The Labute approximate surface area is 168 Å². The van der Waals surface area contributed by atoms with Gasteiger partial charge < -0.3 is 9.84 Å². The van der Waals surface area contributed by atoms with Gasteiger partial charge >= 0.3 is 5.97 Å². The lowest BCUT2D eigenvalue weighted by Crippen LogP contribution is -2.12. The maximum Gasteiger partial charge on any atom is 0.341 e. The van der Waals surface area contributed by atoms with E-state index in [9.17, 15) is 22.4 Å². The molecule has 160 valence electrons. The minimum atomic E-state index is -2.11. The molecule has 0 aliphatic rings. The van der Waals surface area contributed by atoms with Gasteiger partial charge in [0, 0.05) is 0 Å². The lowest BCUT2D eigenvalue weighted by atomic mass is 10.1. The van der Waals surface area contributed by atoms with E-state index in [1.807, 2.05) is 0 Å². The van der Waals surface area contributed by atoms with Gasteiger partial charge in [0.1, 0.15) is 12.2 Å². The molecule has 1 rings (SSSR count). The molecular weight excluding hydrogens is 388 g/mol. The summed E-state index contributed by atoms with van der Waals surface area (Å²) >= 11 is 0. The van der Waals surface area contributed by atoms with E-state index in [-0.39, 0.29) is 6.61 Å². The zero-order chi connectivity index (χ0) is 22.1. The molecular formula is C22H26F4O3. The quantitative estimate of drug-likeness (QED) is 0.262. The van der Waals surface area contributed by atoms with E-state index < -0.39 is 40.6 Å². The van der Waals surface area contributed by atoms with Crippen LogP contribution in [-0.2, 0) is 0 Å². The summed E-state index contributed by atoms with van der Waals surface area (Å²) in [5, 5.41) is 8.66. The number of ether oxygens (including phenoxy) is 1. The van der Waals surface area contributed by atoms with Crippen LogP contribution in [0.4, 0.5) is 17.6 Å². The van der Waals surface area contributed by atoms with Crippen molar-refractivity contribution in [1.82, 2.24) is 0 Å². The molecule has 0 bridgehead atoms. The molecule has 0 unspecified atom stereocenters. The number of carbonyl (C=O) groups is 1. The predicted molar refractivity (Wildman–Crippen MR) is 104 cm³/mol. The molecule has 1 N–H and O–H groups in total. The van der Waals surface area contributed by atoms with Gasteiger partial charge in [0.15, 0.2) is 17.4 Å². The highest BCUT2D eigenvalue weighted by Crippen LogP contribution is 2.30. The number of aromatic carboxylic acids is 1. The standard InChI is InChI=1S/C22H26F4O3/c1-13(2)7-5-8-14(3)9-6-10-15(4)11-12-29-21-19(25)17(23)16(22(27)28)18(24)20(21)26/h7,9,11H,5-6,8,10,12H2,1-4H3,(H,27,28)/b14-9+,15-11+. The molecule has 0 aliphatic heterocycles. The van der Waals surface area contributed by atoms with Gasteiger partial charge in [-0.2, -0.15) is 8.78 Å². The van der Waals surface area contributed by atoms with Crippen molar-refractivity contribution in [2.24, 2.45) is 0 Å². The Hall–Kier alpha value is -2.57. The topological polar surface area (TPSA) is 46.5 Å². The molecule has 0 amide bonds. The minimum Gasteiger partial charge on any atom is -0.483 e. The van der Waals surface area contributed by atoms with Crippen molar-refractivity contribution in [3.8, 4) is 5.75 Å². The van der Waals surface area contributed by atoms with E-state index in [0.29, 0.717) is 6.42 Å². The van der Waals surface area contributed by atoms with E-state index in [1.165, 1.54) is 11.1 Å². The molecule has 0 aromatic heterocycles. The average molecular weight is 414 g/mol. The molecule has 0 heterocycles. The van der Waals surface area contributed by atoms with E-state index in [4.69, 9.17) is 9.84 Å². The van der Waals surface area contributed by atoms with Gasteiger partial charge in [-0.25, -0.2) is 13.6 Å². The molecule has 7 heteroatoms. The number of carboxylic acids is 1. The van der Waals surface area contributed by atoms with Gasteiger partial charge in [-0.3, -0.25) is 0 Å². The summed E-state index contributed by atoms with van der Waals surface area (Å²) in [6, 6.07) is 0. The number of rotatable bonds is 10. The normalized spacial score (nSPS) is 12.1. The first kappa shape index (κ1) is 24.5. The van der Waals surface area contributed by atoms with Crippen LogP contribution < -0.4 is 4.74 Å². The van der Waals surface area contributed by atoms with Gasteiger partial charge in [-0.15, -0.1) is 0 Å². The maximum atomic E-state index is 13.8. The molecule has 29 heavy (non-hydrogen) atoms. The van der Waals surface area contributed by atoms with Crippen molar-refractivity contribution in [2.75, 3.05) is 6.61 Å². The highest BCUT2D eigenvalue weighted by Gasteiger charge is 2.30. The number of hydrogen-bond donors (Lipinski definition) is 1. The van der Waals surface area contributed by atoms with Crippen molar-refractivity contribution in [3.05, 3.63) is 63.8 Å². The first-order valence-electron chi connectivity index (χ1n) is 9.22. The first-order chi connectivity index (χ1) is 13.6. The summed E-state index contributed by atoms with van der Waals surface area (Å²) in [6.45, 7) is 7.65. The van der Waals surface area contributed by atoms with Crippen molar-refractivity contribution >= 4 is 5.97 Å². The van der Waals surface area contributed by atoms with Crippen LogP contribution in [0, 0.1) is 23.3 Å². The van der Waals surface area contributed by atoms with Gasteiger partial charge in [0.25, 0.3) is 0 Å². The average Bonchev–Trinajstić information content (AvgIpc) is 2.62. The van der Waals surface area contributed by atoms with Gasteiger partial charge in [-0.05, 0) is 59.5 Å². The number of carboxylic acid groups (broad SMARTS) is 1. The number of benzene rings is 1. The summed E-state index contributed by atoms with van der Waals surface area (Å²) < 4.78 is 59.8. The molecule has 0 spiro atoms. The van der Waals surface area contributed by atoms with E-state index in [2.05, 4.69) is 32.9 Å². The van der Waals surface area contributed by atoms with Crippen LogP contribution in [0.3, 0.4) is 0 Å². The molecule has 0 saturated carbocycles. The molecule has 0 aliphatic carbocycles. The maximum absolute atomic E-state index is 13.8. The fourth-order valence-electron chi connectivity index (χ4n) is 2.53. The van der Waals surface area contributed by atoms with Gasteiger partial charge in [-0.1, -0.05) is 28.9 Å². The fraction of sp³-hybridized carbons (Fsp3) is 0.409. The zero-order valence-electron chi connectivity index (χ0n) is 17.0. The van der Waals surface area contributed by atoms with E-state index >= 15 is 0 Å². The van der Waals surface area contributed by atoms with Crippen LogP contribution in [0.25, 0.3) is 0 Å². The Balaban J connectivity index is 2.67. The highest BCUT2D eigenvalue weighted by molar-refractivity contribution is 5.88. The Bertz CT molecular complexity index is 806. The molecule has 0 atom stereocenters. The van der Waals surface area contributed by atoms with Crippen LogP contribution in [-0.4, -0.2) is 17.7 Å². The van der Waals surface area contributed by atoms with E-state index in [0.717, 1.165) is 24.8 Å². The van der Waals surface area contributed by atoms with Crippen molar-refractivity contribution in [3.63, 3.8) is 0 Å². The lowest BCUT2D eigenvalue weighted by Gasteiger charge is -2.10. The first-order valence-corrected chi connectivity index (χ1v) is 9.22. The zero-order valence-corrected chi connectivity index (χ0v) is 17.0. The van der Waals surface area contributed by atoms with Crippen molar-refractivity contribution in [1.29, 1.82) is 0 Å². The predicted octanol–water partition coefficient (Wildman–Crippen LogP) is 6.74. The van der Waals surface area contributed by atoms with Crippen molar-refractivity contribution < 1.29 is 32.2 Å². The molecule has 0 radical (unpaired) electrons. The fourth-order valence-corrected chi connectivity index (χ4v) is 2.53. The second-order valence-corrected chi connectivity index (χ2v) is 7.04. The molecule has 1 aromatic rings. The second-order valence-electron chi connectivity index (χ2n) is 7.04. The highest BCUT2D eigenvalue weighted by atomic mass is 19.2. The Morgan fingerprint density at radius 3 is 1.79 bits per heavy atom. The van der Waals surface area contributed by atoms with Gasteiger partial charge in [0.05, 0.1) is 0 Å². The summed E-state index contributed by atoms with van der Waals surface area (Å²) in [5.41, 5.74) is 1.73. The molecule has 0 fully saturated rings. The SMILES string of the molecule is CC(C)=CCC/C(C)=C/CC/C(C)=C/COc1c(F)c(F)c(C(=O)O)c(F)c1F. The van der Waals surface area contributed by atoms with Crippen LogP contribution in [0.15, 0.2) is 34.9 Å². The minimum absolute atomic E-state index is 0.311. The van der Waals surface area contributed by atoms with Crippen molar-refractivity contribution in [2.45, 2.75) is 53.4 Å². The second kappa shape index (κ2) is 11.4. The summed E-state index contributed by atoms with van der Waals surface area (Å²) in [6.07, 6.45) is 9.26. The van der Waals surface area contributed by atoms with Crippen LogP contribution in [0.2, 0.25) is 0 Å². The lowest BCUT2D eigenvalue weighted by molar-refractivity contribution is 0.0683. The number of allylic oxidation sites excluding steroid dienone is 5. The third kappa shape index (κ3) is 7.40. The molecule has 3 nitrogen and oxygen atoms in total. The third-order valence-electron chi connectivity index (χ3n) is 4.22. The Kier molecular flexibility index (Phi) is 9.65. The largest absolute Gasteiger partial charge is 0.483 e. The monoisotopic (exact) mass is 414 g/mol. The Morgan fingerprint density at radius 2 is 1.31 bits per heavy atom. The van der Waals surface area contributed by atoms with Gasteiger partial charge in [0.2, 0.25) is 11.6 Å². The summed E-state index contributed by atoms with van der Waals surface area (Å²) in [4.78, 5) is 10.7. The van der Waals surface area contributed by atoms with E-state index in [1.54, 1.807) is 13.0 Å². The van der Waals surface area contributed by atoms with Crippen LogP contribution in [0.1, 0.15) is 63.7 Å². The van der Waals surface area contributed by atoms with Crippen LogP contribution >= 0.6 is 0 Å². The molecule has 0 saturated heterocycles. The number of halogens is 4.